The summed E-state index contributed by atoms with van der Waals surface area (Å²) in [5, 5.41) is 12.3. The average Bonchev–Trinajstić information content (AvgIpc) is 3.24. The van der Waals surface area contributed by atoms with Crippen molar-refractivity contribution < 1.29 is 0 Å². The molecule has 1 atom stereocenters. The first-order chi connectivity index (χ1) is 17.4. The van der Waals surface area contributed by atoms with Gasteiger partial charge in [0.15, 0.2) is 5.65 Å². The standard InChI is InChI=1S/C28H34N6O2/c1-19(2)17-33-26-24(27(35)32(3)28(33)36)25(30-22-9-5-4-6-10-22)34(31-26)18-20-12-14-21(15-13-20)23-11-7-8-16-29-23/h4-6,9-10,12-15,19,23,29-30H,7-8,11,16-18H2,1-3H3/t23-/m0/s1. The van der Waals surface area contributed by atoms with Crippen LogP contribution in [0.5, 0.6) is 0 Å². The minimum Gasteiger partial charge on any atom is -0.340 e. The van der Waals surface area contributed by atoms with Gasteiger partial charge in [-0.2, -0.15) is 5.10 Å². The normalized spacial score (nSPS) is 16.1. The molecule has 0 spiro atoms. The summed E-state index contributed by atoms with van der Waals surface area (Å²) < 4.78 is 4.61. The molecule has 0 radical (unpaired) electrons. The van der Waals surface area contributed by atoms with Crippen molar-refractivity contribution >= 4 is 22.5 Å². The Labute approximate surface area is 210 Å². The molecular formula is C28H34N6O2. The molecular weight excluding hydrogens is 452 g/mol. The van der Waals surface area contributed by atoms with Crippen molar-refractivity contribution in [3.05, 3.63) is 86.6 Å². The van der Waals surface area contributed by atoms with Gasteiger partial charge in [-0.05, 0) is 48.6 Å². The topological polar surface area (TPSA) is 85.9 Å². The number of benzene rings is 2. The van der Waals surface area contributed by atoms with Crippen LogP contribution in [0, 0.1) is 5.92 Å². The molecule has 0 amide bonds. The van der Waals surface area contributed by atoms with Gasteiger partial charge >= 0.3 is 5.69 Å². The Morgan fingerprint density at radius 2 is 1.81 bits per heavy atom. The molecule has 0 saturated carbocycles. The Hall–Kier alpha value is -3.65. The first-order valence-corrected chi connectivity index (χ1v) is 12.8. The zero-order chi connectivity index (χ0) is 25.2. The number of nitrogens with zero attached hydrogens (tertiary/aromatic N) is 4. The molecule has 0 bridgehead atoms. The van der Waals surface area contributed by atoms with E-state index in [1.165, 1.54) is 30.0 Å². The van der Waals surface area contributed by atoms with Crippen LogP contribution in [0.3, 0.4) is 0 Å². The van der Waals surface area contributed by atoms with Crippen LogP contribution in [0.2, 0.25) is 0 Å². The Kier molecular flexibility index (Phi) is 6.78. The van der Waals surface area contributed by atoms with Gasteiger partial charge < -0.3 is 10.6 Å². The summed E-state index contributed by atoms with van der Waals surface area (Å²) in [6.07, 6.45) is 3.65. The van der Waals surface area contributed by atoms with Crippen molar-refractivity contribution in [2.45, 2.75) is 52.2 Å². The number of hydrogen-bond donors (Lipinski definition) is 2. The first kappa shape index (κ1) is 24.1. The molecule has 5 rings (SSSR count). The molecule has 8 heteroatoms. The SMILES string of the molecule is CC(C)Cn1c(=O)n(C)c(=O)c2c(Nc3ccccc3)n(Cc3ccc([C@@H]4CCCCN4)cc3)nc21. The van der Waals surface area contributed by atoms with Crippen molar-refractivity contribution in [1.29, 1.82) is 0 Å². The van der Waals surface area contributed by atoms with Crippen LogP contribution in [0.15, 0.2) is 64.2 Å². The highest BCUT2D eigenvalue weighted by molar-refractivity contribution is 5.89. The summed E-state index contributed by atoms with van der Waals surface area (Å²) in [5.41, 5.74) is 2.94. The zero-order valence-corrected chi connectivity index (χ0v) is 21.2. The van der Waals surface area contributed by atoms with E-state index < -0.39 is 0 Å². The molecule has 4 aromatic rings. The molecule has 2 aromatic carbocycles. The summed E-state index contributed by atoms with van der Waals surface area (Å²) in [5.74, 6) is 0.812. The van der Waals surface area contributed by atoms with Gasteiger partial charge in [-0.1, -0.05) is 62.7 Å². The predicted octanol–water partition coefficient (Wildman–Crippen LogP) is 4.16. The van der Waals surface area contributed by atoms with Gasteiger partial charge in [-0.15, -0.1) is 0 Å². The first-order valence-electron chi connectivity index (χ1n) is 12.8. The van der Waals surface area contributed by atoms with E-state index in [0.29, 0.717) is 36.0 Å². The second-order valence-corrected chi connectivity index (χ2v) is 10.1. The zero-order valence-electron chi connectivity index (χ0n) is 21.2. The highest BCUT2D eigenvalue weighted by atomic mass is 16.2. The van der Waals surface area contributed by atoms with E-state index in [1.54, 1.807) is 4.57 Å². The molecule has 3 heterocycles. The predicted molar refractivity (Wildman–Crippen MR) is 144 cm³/mol. The largest absolute Gasteiger partial charge is 0.340 e. The van der Waals surface area contributed by atoms with Crippen LogP contribution >= 0.6 is 0 Å². The van der Waals surface area contributed by atoms with Crippen LogP contribution in [-0.2, 0) is 20.1 Å². The van der Waals surface area contributed by atoms with Gasteiger partial charge in [0.1, 0.15) is 11.2 Å². The van der Waals surface area contributed by atoms with Crippen molar-refractivity contribution in [2.75, 3.05) is 11.9 Å². The van der Waals surface area contributed by atoms with Crippen molar-refractivity contribution in [2.24, 2.45) is 13.0 Å². The van der Waals surface area contributed by atoms with Gasteiger partial charge in [0.25, 0.3) is 5.56 Å². The quantitative estimate of drug-likeness (QED) is 0.410. The lowest BCUT2D eigenvalue weighted by Gasteiger charge is -2.24. The number of rotatable bonds is 7. The van der Waals surface area contributed by atoms with Gasteiger partial charge in [0.2, 0.25) is 0 Å². The maximum absolute atomic E-state index is 13.3. The number of nitrogens with one attached hydrogen (secondary N) is 2. The molecule has 2 N–H and O–H groups in total. The molecule has 188 valence electrons. The average molecular weight is 487 g/mol. The highest BCUT2D eigenvalue weighted by Gasteiger charge is 2.22. The maximum Gasteiger partial charge on any atom is 0.332 e. The third kappa shape index (κ3) is 4.73. The number of anilines is 2. The summed E-state index contributed by atoms with van der Waals surface area (Å²) >= 11 is 0. The number of aromatic nitrogens is 4. The minimum absolute atomic E-state index is 0.222. The second-order valence-electron chi connectivity index (χ2n) is 10.1. The maximum atomic E-state index is 13.3. The minimum atomic E-state index is -0.349. The molecule has 36 heavy (non-hydrogen) atoms. The van der Waals surface area contributed by atoms with Gasteiger partial charge in [0.05, 0.1) is 6.54 Å². The third-order valence-electron chi connectivity index (χ3n) is 6.83. The molecule has 0 aliphatic carbocycles. The lowest BCUT2D eigenvalue weighted by molar-refractivity contribution is 0.412. The second kappa shape index (κ2) is 10.1. The van der Waals surface area contributed by atoms with Crippen LogP contribution in [0.25, 0.3) is 11.0 Å². The summed E-state index contributed by atoms with van der Waals surface area (Å²) in [6.45, 7) is 6.11. The van der Waals surface area contributed by atoms with Gasteiger partial charge in [-0.25, -0.2) is 9.48 Å². The third-order valence-corrected chi connectivity index (χ3v) is 6.83. The fraction of sp³-hybridized carbons (Fsp3) is 0.393. The van der Waals surface area contributed by atoms with E-state index in [-0.39, 0.29) is 17.2 Å². The number of hydrogen-bond acceptors (Lipinski definition) is 5. The molecule has 1 fully saturated rings. The Morgan fingerprint density at radius 1 is 1.06 bits per heavy atom. The van der Waals surface area contributed by atoms with Crippen molar-refractivity contribution in [1.82, 2.24) is 24.2 Å². The lowest BCUT2D eigenvalue weighted by atomic mass is 9.97. The van der Waals surface area contributed by atoms with E-state index in [4.69, 9.17) is 5.10 Å². The van der Waals surface area contributed by atoms with Crippen LogP contribution < -0.4 is 21.9 Å². The molecule has 8 nitrogen and oxygen atoms in total. The Balaban J connectivity index is 1.60. The summed E-state index contributed by atoms with van der Waals surface area (Å²) in [7, 11) is 1.53. The number of piperidine rings is 1. The summed E-state index contributed by atoms with van der Waals surface area (Å²) in [6, 6.07) is 18.7. The van der Waals surface area contributed by atoms with E-state index in [2.05, 4.69) is 34.9 Å². The van der Waals surface area contributed by atoms with Gasteiger partial charge in [0, 0.05) is 25.3 Å². The lowest BCUT2D eigenvalue weighted by Crippen LogP contribution is -2.38. The number of fused-ring (bicyclic) bond motifs is 1. The van der Waals surface area contributed by atoms with Crippen LogP contribution in [0.1, 0.15) is 50.3 Å². The monoisotopic (exact) mass is 486 g/mol. The van der Waals surface area contributed by atoms with E-state index in [9.17, 15) is 9.59 Å². The summed E-state index contributed by atoms with van der Waals surface area (Å²) in [4.78, 5) is 26.3. The Morgan fingerprint density at radius 3 is 2.47 bits per heavy atom. The van der Waals surface area contributed by atoms with E-state index in [1.807, 2.05) is 48.9 Å². The van der Waals surface area contributed by atoms with E-state index >= 15 is 0 Å². The van der Waals surface area contributed by atoms with Crippen molar-refractivity contribution in [3.8, 4) is 0 Å². The fourth-order valence-electron chi connectivity index (χ4n) is 4.96. The molecule has 2 aromatic heterocycles. The van der Waals surface area contributed by atoms with E-state index in [0.717, 1.165) is 24.2 Å². The molecule has 1 aliphatic heterocycles. The van der Waals surface area contributed by atoms with Crippen molar-refractivity contribution in [3.63, 3.8) is 0 Å². The van der Waals surface area contributed by atoms with Crippen LogP contribution in [0.4, 0.5) is 11.5 Å². The molecule has 1 aliphatic rings. The molecule has 0 unspecified atom stereocenters. The Bertz CT molecular complexity index is 1460. The molecule has 1 saturated heterocycles. The smallest absolute Gasteiger partial charge is 0.332 e. The van der Waals surface area contributed by atoms with Gasteiger partial charge in [-0.3, -0.25) is 13.9 Å². The fourth-order valence-corrected chi connectivity index (χ4v) is 4.96. The van der Waals surface area contributed by atoms with Crippen LogP contribution in [-0.4, -0.2) is 25.5 Å². The highest BCUT2D eigenvalue weighted by Crippen LogP contribution is 2.26. The number of para-hydroxylation sites is 1.